The van der Waals surface area contributed by atoms with Crippen molar-refractivity contribution < 1.29 is 23.9 Å². The third-order valence-corrected chi connectivity index (χ3v) is 3.13. The van der Waals surface area contributed by atoms with Gasteiger partial charge in [0.25, 0.3) is 5.91 Å². The lowest BCUT2D eigenvalue weighted by Crippen LogP contribution is -2.43. The fraction of sp³-hybridized carbons (Fsp3) is 0.400. The minimum Gasteiger partial charge on any atom is -0.480 e. The molecule has 8 heteroatoms. The van der Waals surface area contributed by atoms with Crippen molar-refractivity contribution in [3.63, 3.8) is 0 Å². The van der Waals surface area contributed by atoms with Crippen LogP contribution in [0.5, 0.6) is 0 Å². The SMILES string of the molecule is NCC(=O)N[C@H](CCCCNC(=O)c1ccc(F)cc1)C(=O)O. The highest BCUT2D eigenvalue weighted by Crippen LogP contribution is 2.04. The number of amides is 2. The molecule has 1 atom stereocenters. The molecular formula is C15H20FN3O4. The molecule has 1 rings (SSSR count). The van der Waals surface area contributed by atoms with Gasteiger partial charge in [0.1, 0.15) is 11.9 Å². The summed E-state index contributed by atoms with van der Waals surface area (Å²) in [5, 5.41) is 13.9. The van der Waals surface area contributed by atoms with Crippen molar-refractivity contribution in [2.75, 3.05) is 13.1 Å². The van der Waals surface area contributed by atoms with E-state index in [-0.39, 0.29) is 18.9 Å². The van der Waals surface area contributed by atoms with Gasteiger partial charge in [-0.1, -0.05) is 0 Å². The van der Waals surface area contributed by atoms with E-state index in [1.165, 1.54) is 24.3 Å². The predicted molar refractivity (Wildman–Crippen MR) is 81.2 cm³/mol. The van der Waals surface area contributed by atoms with E-state index in [4.69, 9.17) is 10.8 Å². The van der Waals surface area contributed by atoms with Gasteiger partial charge in [0.15, 0.2) is 0 Å². The molecule has 0 heterocycles. The maximum Gasteiger partial charge on any atom is 0.326 e. The molecule has 5 N–H and O–H groups in total. The van der Waals surface area contributed by atoms with Crippen LogP contribution in [0, 0.1) is 5.82 Å². The molecule has 1 aromatic carbocycles. The van der Waals surface area contributed by atoms with Crippen molar-refractivity contribution in [2.24, 2.45) is 5.73 Å². The summed E-state index contributed by atoms with van der Waals surface area (Å²) in [4.78, 5) is 33.8. The van der Waals surface area contributed by atoms with E-state index in [2.05, 4.69) is 10.6 Å². The molecule has 23 heavy (non-hydrogen) atoms. The van der Waals surface area contributed by atoms with E-state index in [1.54, 1.807) is 0 Å². The highest BCUT2D eigenvalue weighted by Gasteiger charge is 2.18. The zero-order chi connectivity index (χ0) is 17.2. The number of hydrogen-bond acceptors (Lipinski definition) is 4. The first-order valence-corrected chi connectivity index (χ1v) is 7.20. The van der Waals surface area contributed by atoms with Crippen molar-refractivity contribution >= 4 is 17.8 Å². The minimum atomic E-state index is -1.12. The Hall–Kier alpha value is -2.48. The summed E-state index contributed by atoms with van der Waals surface area (Å²) in [5.41, 5.74) is 5.47. The molecule has 0 saturated heterocycles. The zero-order valence-corrected chi connectivity index (χ0v) is 12.5. The smallest absolute Gasteiger partial charge is 0.326 e. The molecular weight excluding hydrogens is 305 g/mol. The van der Waals surface area contributed by atoms with Crippen LogP contribution in [0.3, 0.4) is 0 Å². The monoisotopic (exact) mass is 325 g/mol. The number of carboxylic acid groups (broad SMARTS) is 1. The van der Waals surface area contributed by atoms with Crippen molar-refractivity contribution in [1.29, 1.82) is 0 Å². The Balaban J connectivity index is 2.28. The fourth-order valence-corrected chi connectivity index (χ4v) is 1.89. The van der Waals surface area contributed by atoms with Gasteiger partial charge in [-0.2, -0.15) is 0 Å². The first-order chi connectivity index (χ1) is 10.9. The molecule has 0 unspecified atom stereocenters. The molecule has 0 radical (unpaired) electrons. The van der Waals surface area contributed by atoms with Gasteiger partial charge in [0.2, 0.25) is 5.91 Å². The molecule has 7 nitrogen and oxygen atoms in total. The third-order valence-electron chi connectivity index (χ3n) is 3.13. The summed E-state index contributed by atoms with van der Waals surface area (Å²) < 4.78 is 12.7. The van der Waals surface area contributed by atoms with Crippen molar-refractivity contribution in [2.45, 2.75) is 25.3 Å². The van der Waals surface area contributed by atoms with Gasteiger partial charge >= 0.3 is 5.97 Å². The van der Waals surface area contributed by atoms with E-state index in [9.17, 15) is 18.8 Å². The number of nitrogens with one attached hydrogen (secondary N) is 2. The number of hydrogen-bond donors (Lipinski definition) is 4. The number of nitrogens with two attached hydrogens (primary N) is 1. The van der Waals surface area contributed by atoms with Crippen LogP contribution < -0.4 is 16.4 Å². The van der Waals surface area contributed by atoms with Crippen LogP contribution in [-0.2, 0) is 9.59 Å². The molecule has 0 aromatic heterocycles. The number of carboxylic acids is 1. The van der Waals surface area contributed by atoms with Crippen LogP contribution in [0.25, 0.3) is 0 Å². The van der Waals surface area contributed by atoms with Gasteiger partial charge in [0.05, 0.1) is 6.54 Å². The highest BCUT2D eigenvalue weighted by atomic mass is 19.1. The summed E-state index contributed by atoms with van der Waals surface area (Å²) in [5.74, 6) is -2.39. The molecule has 0 spiro atoms. The second-order valence-electron chi connectivity index (χ2n) is 4.92. The summed E-state index contributed by atoms with van der Waals surface area (Å²) in [7, 11) is 0. The normalized spacial score (nSPS) is 11.6. The van der Waals surface area contributed by atoms with E-state index in [1.807, 2.05) is 0 Å². The summed E-state index contributed by atoms with van der Waals surface area (Å²) >= 11 is 0. The lowest BCUT2D eigenvalue weighted by atomic mass is 10.1. The molecule has 0 bridgehead atoms. The first-order valence-electron chi connectivity index (χ1n) is 7.20. The van der Waals surface area contributed by atoms with Crippen LogP contribution in [0.1, 0.15) is 29.6 Å². The van der Waals surface area contributed by atoms with Crippen LogP contribution >= 0.6 is 0 Å². The third kappa shape index (κ3) is 6.88. The second-order valence-corrected chi connectivity index (χ2v) is 4.92. The Labute approximate surface area is 133 Å². The van der Waals surface area contributed by atoms with Crippen LogP contribution in [0.4, 0.5) is 4.39 Å². The predicted octanol–water partition coefficient (Wildman–Crippen LogP) is 0.254. The van der Waals surface area contributed by atoms with Gasteiger partial charge < -0.3 is 21.5 Å². The molecule has 0 aliphatic carbocycles. The van der Waals surface area contributed by atoms with Crippen LogP contribution in [0.15, 0.2) is 24.3 Å². The Morgan fingerprint density at radius 1 is 1.17 bits per heavy atom. The number of unbranched alkanes of at least 4 members (excludes halogenated alkanes) is 1. The van der Waals surface area contributed by atoms with Gasteiger partial charge in [0, 0.05) is 12.1 Å². The average molecular weight is 325 g/mol. The average Bonchev–Trinajstić information content (AvgIpc) is 2.53. The number of carbonyl (C=O) groups excluding carboxylic acids is 2. The molecule has 1 aromatic rings. The van der Waals surface area contributed by atoms with E-state index in [0.29, 0.717) is 24.9 Å². The molecule has 126 valence electrons. The van der Waals surface area contributed by atoms with E-state index in [0.717, 1.165) is 0 Å². The maximum absolute atomic E-state index is 12.7. The standard InChI is InChI=1S/C15H20FN3O4/c16-11-6-4-10(5-7-11)14(21)18-8-2-1-3-12(15(22)23)19-13(20)9-17/h4-7,12H,1-3,8-9,17H2,(H,18,21)(H,19,20)(H,22,23)/t12-/m1/s1. The van der Waals surface area contributed by atoms with E-state index < -0.39 is 23.7 Å². The van der Waals surface area contributed by atoms with E-state index >= 15 is 0 Å². The minimum absolute atomic E-state index is 0.244. The summed E-state index contributed by atoms with van der Waals surface area (Å²) in [6.07, 6.45) is 1.30. The molecule has 0 aliphatic rings. The van der Waals surface area contributed by atoms with Crippen LogP contribution in [-0.4, -0.2) is 42.0 Å². The van der Waals surface area contributed by atoms with Crippen molar-refractivity contribution in [3.8, 4) is 0 Å². The molecule has 0 fully saturated rings. The number of rotatable bonds is 9. The van der Waals surface area contributed by atoms with Gasteiger partial charge in [-0.15, -0.1) is 0 Å². The molecule has 2 amide bonds. The van der Waals surface area contributed by atoms with Gasteiger partial charge in [-0.3, -0.25) is 9.59 Å². The number of halogens is 1. The Morgan fingerprint density at radius 2 is 1.83 bits per heavy atom. The Morgan fingerprint density at radius 3 is 2.39 bits per heavy atom. The quantitative estimate of drug-likeness (QED) is 0.485. The first kappa shape index (κ1) is 18.6. The summed E-state index contributed by atoms with van der Waals surface area (Å²) in [6.45, 7) is 0.0882. The van der Waals surface area contributed by atoms with Crippen molar-refractivity contribution in [3.05, 3.63) is 35.6 Å². The van der Waals surface area contributed by atoms with Crippen molar-refractivity contribution in [1.82, 2.24) is 10.6 Å². The number of benzene rings is 1. The zero-order valence-electron chi connectivity index (χ0n) is 12.5. The summed E-state index contributed by atoms with van der Waals surface area (Å²) in [6, 6.07) is 4.18. The highest BCUT2D eigenvalue weighted by molar-refractivity contribution is 5.94. The van der Waals surface area contributed by atoms with Crippen LogP contribution in [0.2, 0.25) is 0 Å². The lowest BCUT2D eigenvalue weighted by Gasteiger charge is -2.13. The van der Waals surface area contributed by atoms with Gasteiger partial charge in [-0.25, -0.2) is 9.18 Å². The Kier molecular flexibility index (Phi) is 7.69. The van der Waals surface area contributed by atoms with Gasteiger partial charge in [-0.05, 0) is 43.5 Å². The number of carbonyl (C=O) groups is 3. The number of aliphatic carboxylic acids is 1. The fourth-order valence-electron chi connectivity index (χ4n) is 1.89. The lowest BCUT2D eigenvalue weighted by molar-refractivity contribution is -0.141. The second kappa shape index (κ2) is 9.52. The molecule has 0 aliphatic heterocycles. The largest absolute Gasteiger partial charge is 0.480 e. The Bertz CT molecular complexity index is 548. The topological polar surface area (TPSA) is 122 Å². The molecule has 0 saturated carbocycles. The maximum atomic E-state index is 12.7.